The minimum absolute atomic E-state index is 0.277. The van der Waals surface area contributed by atoms with Gasteiger partial charge in [-0.2, -0.15) is 0 Å². The van der Waals surface area contributed by atoms with Gasteiger partial charge < -0.3 is 14.2 Å². The smallest absolute Gasteiger partial charge is 0.410 e. The van der Waals surface area contributed by atoms with Crippen LogP contribution in [0.15, 0.2) is 24.4 Å². The predicted octanol–water partition coefficient (Wildman–Crippen LogP) is 3.53. The molecule has 0 saturated heterocycles. The number of carbonyl (C=O) groups is 1. The molecular weight excluding hydrogens is 271 g/mol. The molecule has 112 valence electrons. The highest BCUT2D eigenvalue weighted by molar-refractivity contribution is 5.84. The van der Waals surface area contributed by atoms with Crippen LogP contribution in [-0.4, -0.2) is 27.7 Å². The summed E-state index contributed by atoms with van der Waals surface area (Å²) in [6.07, 6.45) is 1.58. The largest absolute Gasteiger partial charge is 0.444 e. The lowest BCUT2D eigenvalue weighted by Gasteiger charge is -2.26. The average Bonchev–Trinajstić information content (AvgIpc) is 2.64. The van der Waals surface area contributed by atoms with Crippen molar-refractivity contribution in [2.75, 3.05) is 6.54 Å². The van der Waals surface area contributed by atoms with Crippen LogP contribution in [0.25, 0.3) is 10.9 Å². The molecule has 1 aromatic heterocycles. The van der Waals surface area contributed by atoms with E-state index in [1.165, 1.54) is 12.1 Å². The van der Waals surface area contributed by atoms with E-state index in [2.05, 4.69) is 4.57 Å². The fourth-order valence-corrected chi connectivity index (χ4v) is 2.70. The number of rotatable bonds is 0. The topological polar surface area (TPSA) is 34.5 Å². The van der Waals surface area contributed by atoms with Gasteiger partial charge in [0.15, 0.2) is 0 Å². The zero-order valence-electron chi connectivity index (χ0n) is 12.5. The predicted molar refractivity (Wildman–Crippen MR) is 78.5 cm³/mol. The van der Waals surface area contributed by atoms with E-state index in [9.17, 15) is 9.18 Å². The standard InChI is InChI=1S/C16H19FN2O2/c1-16(2,3)21-15(20)19-7-6-18-5-4-11-8-13(17)9-12(10-19)14(11)18/h4-5,8-9H,6-7,10H2,1-3H3. The van der Waals surface area contributed by atoms with Gasteiger partial charge in [-0.15, -0.1) is 0 Å². The summed E-state index contributed by atoms with van der Waals surface area (Å²) in [6.45, 7) is 7.12. The number of hydrogen-bond donors (Lipinski definition) is 0. The van der Waals surface area contributed by atoms with Gasteiger partial charge in [-0.25, -0.2) is 9.18 Å². The van der Waals surface area contributed by atoms with Gasteiger partial charge in [0.2, 0.25) is 0 Å². The van der Waals surface area contributed by atoms with Crippen LogP contribution in [0.2, 0.25) is 0 Å². The summed E-state index contributed by atoms with van der Waals surface area (Å²) in [4.78, 5) is 13.9. The van der Waals surface area contributed by atoms with Crippen molar-refractivity contribution in [1.82, 2.24) is 9.47 Å². The van der Waals surface area contributed by atoms with Crippen LogP contribution in [0.5, 0.6) is 0 Å². The van der Waals surface area contributed by atoms with Gasteiger partial charge in [0.05, 0.1) is 12.1 Å². The summed E-state index contributed by atoms with van der Waals surface area (Å²) < 4.78 is 21.2. The van der Waals surface area contributed by atoms with E-state index in [-0.39, 0.29) is 11.9 Å². The van der Waals surface area contributed by atoms with Crippen molar-refractivity contribution in [2.24, 2.45) is 0 Å². The maximum absolute atomic E-state index is 13.7. The Morgan fingerprint density at radius 1 is 1.29 bits per heavy atom. The lowest BCUT2D eigenvalue weighted by atomic mass is 10.1. The van der Waals surface area contributed by atoms with Crippen molar-refractivity contribution >= 4 is 17.0 Å². The van der Waals surface area contributed by atoms with Crippen molar-refractivity contribution in [3.63, 3.8) is 0 Å². The Hall–Kier alpha value is -2.04. The van der Waals surface area contributed by atoms with E-state index < -0.39 is 5.60 Å². The lowest BCUT2D eigenvalue weighted by Crippen LogP contribution is -2.37. The van der Waals surface area contributed by atoms with Crippen molar-refractivity contribution < 1.29 is 13.9 Å². The third-order valence-electron chi connectivity index (χ3n) is 3.53. The van der Waals surface area contributed by atoms with Gasteiger partial charge >= 0.3 is 6.09 Å². The number of amides is 1. The zero-order chi connectivity index (χ0) is 15.2. The summed E-state index contributed by atoms with van der Waals surface area (Å²) in [5.74, 6) is -0.277. The number of nitrogens with zero attached hydrogens (tertiary/aromatic N) is 2. The van der Waals surface area contributed by atoms with Crippen molar-refractivity contribution in [3.8, 4) is 0 Å². The molecule has 0 radical (unpaired) electrons. The summed E-state index contributed by atoms with van der Waals surface area (Å²) in [7, 11) is 0. The average molecular weight is 290 g/mol. The molecule has 1 aliphatic rings. The Labute approximate surface area is 123 Å². The fourth-order valence-electron chi connectivity index (χ4n) is 2.70. The highest BCUT2D eigenvalue weighted by Crippen LogP contribution is 2.26. The van der Waals surface area contributed by atoms with E-state index >= 15 is 0 Å². The summed E-state index contributed by atoms with van der Waals surface area (Å²) >= 11 is 0. The minimum Gasteiger partial charge on any atom is -0.444 e. The van der Waals surface area contributed by atoms with Crippen LogP contribution in [0.3, 0.4) is 0 Å². The molecule has 0 unspecified atom stereocenters. The Morgan fingerprint density at radius 3 is 2.76 bits per heavy atom. The third kappa shape index (κ3) is 2.73. The van der Waals surface area contributed by atoms with E-state index in [1.807, 2.05) is 33.0 Å². The molecule has 1 aromatic carbocycles. The second kappa shape index (κ2) is 4.76. The van der Waals surface area contributed by atoms with Crippen molar-refractivity contribution in [2.45, 2.75) is 39.5 Å². The van der Waals surface area contributed by atoms with Crippen molar-refractivity contribution in [3.05, 3.63) is 35.8 Å². The first-order chi connectivity index (χ1) is 9.83. The van der Waals surface area contributed by atoms with Crippen LogP contribution in [-0.2, 0) is 17.8 Å². The Morgan fingerprint density at radius 2 is 2.05 bits per heavy atom. The normalized spacial score (nSPS) is 15.1. The van der Waals surface area contributed by atoms with Gasteiger partial charge in [-0.3, -0.25) is 0 Å². The van der Waals surface area contributed by atoms with Crippen LogP contribution < -0.4 is 0 Å². The molecule has 3 rings (SSSR count). The first kappa shape index (κ1) is 13.9. The molecule has 0 atom stereocenters. The number of benzene rings is 1. The number of hydrogen-bond acceptors (Lipinski definition) is 2. The minimum atomic E-state index is -0.532. The number of aromatic nitrogens is 1. The quantitative estimate of drug-likeness (QED) is 0.744. The molecule has 2 aromatic rings. The third-order valence-corrected chi connectivity index (χ3v) is 3.53. The van der Waals surface area contributed by atoms with E-state index in [0.717, 1.165) is 16.5 Å². The maximum atomic E-state index is 13.7. The molecule has 0 spiro atoms. The van der Waals surface area contributed by atoms with Crippen LogP contribution in [0.1, 0.15) is 26.3 Å². The first-order valence-electron chi connectivity index (χ1n) is 7.09. The molecule has 0 N–H and O–H groups in total. The molecule has 0 fully saturated rings. The Bertz CT molecular complexity index is 700. The fraction of sp³-hybridized carbons (Fsp3) is 0.438. The molecule has 1 aliphatic heterocycles. The molecule has 5 heteroatoms. The lowest BCUT2D eigenvalue weighted by molar-refractivity contribution is 0.0232. The van der Waals surface area contributed by atoms with E-state index in [4.69, 9.17) is 4.74 Å². The maximum Gasteiger partial charge on any atom is 0.410 e. The van der Waals surface area contributed by atoms with Crippen LogP contribution in [0.4, 0.5) is 9.18 Å². The van der Waals surface area contributed by atoms with Gasteiger partial charge in [-0.1, -0.05) is 0 Å². The monoisotopic (exact) mass is 290 g/mol. The number of ether oxygens (including phenoxy) is 1. The molecule has 0 saturated carbocycles. The van der Waals surface area contributed by atoms with E-state index in [0.29, 0.717) is 19.6 Å². The highest BCUT2D eigenvalue weighted by Gasteiger charge is 2.25. The second-order valence-corrected chi connectivity index (χ2v) is 6.41. The van der Waals surface area contributed by atoms with Crippen LogP contribution in [0, 0.1) is 5.82 Å². The SMILES string of the molecule is CC(C)(C)OC(=O)N1CCn2ccc3cc(F)cc(c32)C1. The first-order valence-corrected chi connectivity index (χ1v) is 7.09. The molecule has 21 heavy (non-hydrogen) atoms. The van der Waals surface area contributed by atoms with E-state index in [1.54, 1.807) is 4.90 Å². The number of halogens is 1. The number of carbonyl (C=O) groups excluding carboxylic acids is 1. The van der Waals surface area contributed by atoms with Crippen LogP contribution >= 0.6 is 0 Å². The molecule has 0 aliphatic carbocycles. The zero-order valence-corrected chi connectivity index (χ0v) is 12.5. The highest BCUT2D eigenvalue weighted by atomic mass is 19.1. The molecule has 4 nitrogen and oxygen atoms in total. The Kier molecular flexibility index (Phi) is 3.15. The van der Waals surface area contributed by atoms with Gasteiger partial charge in [-0.05, 0) is 44.5 Å². The summed E-state index contributed by atoms with van der Waals surface area (Å²) in [6, 6.07) is 4.94. The second-order valence-electron chi connectivity index (χ2n) is 6.41. The molecule has 1 amide bonds. The molecule has 0 bridgehead atoms. The van der Waals surface area contributed by atoms with Gasteiger partial charge in [0.1, 0.15) is 11.4 Å². The van der Waals surface area contributed by atoms with Crippen molar-refractivity contribution in [1.29, 1.82) is 0 Å². The summed E-state index contributed by atoms with van der Waals surface area (Å²) in [5, 5.41) is 0.871. The summed E-state index contributed by atoms with van der Waals surface area (Å²) in [5.41, 5.74) is 1.29. The Balaban J connectivity index is 1.93. The van der Waals surface area contributed by atoms with Gasteiger partial charge in [0.25, 0.3) is 0 Å². The van der Waals surface area contributed by atoms with Gasteiger partial charge in [0, 0.05) is 24.7 Å². The molecular formula is C16H19FN2O2. The molecule has 2 heterocycles.